The van der Waals surface area contributed by atoms with Crippen LogP contribution in [-0.4, -0.2) is 25.2 Å². The minimum absolute atomic E-state index is 0.0391. The van der Waals surface area contributed by atoms with E-state index in [1.165, 1.54) is 6.07 Å². The van der Waals surface area contributed by atoms with Gasteiger partial charge in [-0.1, -0.05) is 12.1 Å². The van der Waals surface area contributed by atoms with Crippen molar-refractivity contribution in [2.45, 2.75) is 11.3 Å². The molecule has 0 saturated carbocycles. The Morgan fingerprint density at radius 3 is 2.37 bits per heavy atom. The van der Waals surface area contributed by atoms with Crippen molar-refractivity contribution in [3.05, 3.63) is 83.6 Å². The molecule has 3 aromatic carbocycles. The molecular weight excluding hydrogens is 536 g/mol. The van der Waals surface area contributed by atoms with Crippen LogP contribution in [0.15, 0.2) is 61.3 Å². The summed E-state index contributed by atoms with van der Waals surface area (Å²) in [6.07, 6.45) is 2.48. The number of primary sulfonamides is 1. The summed E-state index contributed by atoms with van der Waals surface area (Å²) in [6.45, 7) is 0.739. The zero-order chi connectivity index (χ0) is 21.6. The predicted octanol–water partition coefficient (Wildman–Crippen LogP) is 2.56. The van der Waals surface area contributed by atoms with Crippen molar-refractivity contribution in [1.82, 2.24) is 0 Å². The average Bonchev–Trinajstić information content (AvgIpc) is 3.14. The second-order valence-electron chi connectivity index (χ2n) is 6.87. The fourth-order valence-corrected chi connectivity index (χ4v) is 5.31. The number of hydrogen-bond donors (Lipinski definition) is 3. The summed E-state index contributed by atoms with van der Waals surface area (Å²) in [5.74, 6) is -0.391. The van der Waals surface area contributed by atoms with E-state index >= 15 is 0 Å². The molecule has 9 heteroatoms. The maximum Gasteiger partial charge on any atom is 0.241 e. The van der Waals surface area contributed by atoms with Crippen LogP contribution < -0.4 is 15.7 Å². The summed E-state index contributed by atoms with van der Waals surface area (Å²) in [7, 11) is -4.12. The molecule has 0 atom stereocenters. The second-order valence-corrected chi connectivity index (χ2v) is 10.1. The van der Waals surface area contributed by atoms with E-state index < -0.39 is 15.8 Å². The SMILES string of the molecule is NS(=O)(=O)c1ccc(=c2ccc3c(c2)CCN=3)c(=Cc2cc(Br)c(O)c(Br)c2)c1O. The third-order valence-corrected chi connectivity index (χ3v) is 7.04. The predicted molar refractivity (Wildman–Crippen MR) is 120 cm³/mol. The monoisotopic (exact) mass is 550 g/mol. The van der Waals surface area contributed by atoms with Crippen LogP contribution >= 0.6 is 31.9 Å². The third-order valence-electron chi connectivity index (χ3n) is 4.89. The number of fused-ring (bicyclic) bond motifs is 1. The number of rotatable bonds is 2. The summed E-state index contributed by atoms with van der Waals surface area (Å²) in [5, 5.41) is 28.8. The van der Waals surface area contributed by atoms with Gasteiger partial charge < -0.3 is 10.2 Å². The van der Waals surface area contributed by atoms with Crippen molar-refractivity contribution in [2.24, 2.45) is 10.1 Å². The summed E-state index contributed by atoms with van der Waals surface area (Å²) >= 11 is 6.57. The Kier molecular flexibility index (Phi) is 5.48. The molecule has 0 bridgehead atoms. The van der Waals surface area contributed by atoms with Crippen LogP contribution in [0.5, 0.6) is 11.5 Å². The van der Waals surface area contributed by atoms with E-state index in [1.54, 1.807) is 24.3 Å². The molecule has 3 aromatic rings. The molecule has 0 saturated heterocycles. The molecule has 154 valence electrons. The summed E-state index contributed by atoms with van der Waals surface area (Å²) in [4.78, 5) is 4.07. The Bertz CT molecular complexity index is 1500. The van der Waals surface area contributed by atoms with Crippen LogP contribution in [0.2, 0.25) is 0 Å². The first kappa shape index (κ1) is 21.0. The highest BCUT2D eigenvalue weighted by Gasteiger charge is 2.16. The lowest BCUT2D eigenvalue weighted by Crippen LogP contribution is -2.17. The molecule has 6 nitrogen and oxygen atoms in total. The number of hydrogen-bond acceptors (Lipinski definition) is 5. The van der Waals surface area contributed by atoms with Crippen molar-refractivity contribution < 1.29 is 18.6 Å². The molecule has 4 N–H and O–H groups in total. The largest absolute Gasteiger partial charge is 0.506 e. The van der Waals surface area contributed by atoms with Crippen molar-refractivity contribution in [3.8, 4) is 11.5 Å². The normalized spacial score (nSPS) is 15.1. The molecular formula is C21H16Br2N2O4S. The van der Waals surface area contributed by atoms with Gasteiger partial charge in [-0.25, -0.2) is 13.6 Å². The van der Waals surface area contributed by atoms with Gasteiger partial charge in [0.15, 0.2) is 0 Å². The summed E-state index contributed by atoms with van der Waals surface area (Å²) in [6, 6.07) is 12.1. The van der Waals surface area contributed by atoms with Crippen molar-refractivity contribution in [2.75, 3.05) is 6.54 Å². The van der Waals surface area contributed by atoms with Gasteiger partial charge in [0, 0.05) is 11.8 Å². The molecule has 1 aliphatic rings. The van der Waals surface area contributed by atoms with Gasteiger partial charge in [-0.05, 0) is 96.3 Å². The highest BCUT2D eigenvalue weighted by Crippen LogP contribution is 2.33. The topological polar surface area (TPSA) is 113 Å². The van der Waals surface area contributed by atoms with E-state index in [0.717, 1.165) is 29.1 Å². The van der Waals surface area contributed by atoms with E-state index in [9.17, 15) is 18.6 Å². The Hall–Kier alpha value is -2.20. The van der Waals surface area contributed by atoms with Gasteiger partial charge in [0.1, 0.15) is 16.4 Å². The molecule has 0 fully saturated rings. The minimum atomic E-state index is -4.12. The van der Waals surface area contributed by atoms with E-state index in [4.69, 9.17) is 5.14 Å². The van der Waals surface area contributed by atoms with E-state index in [2.05, 4.69) is 36.9 Å². The van der Waals surface area contributed by atoms with Gasteiger partial charge >= 0.3 is 0 Å². The Balaban J connectivity index is 2.16. The van der Waals surface area contributed by atoms with Gasteiger partial charge in [0.05, 0.1) is 14.3 Å². The maximum atomic E-state index is 12.0. The number of benzene rings is 3. The van der Waals surface area contributed by atoms with Crippen LogP contribution in [0.4, 0.5) is 0 Å². The smallest absolute Gasteiger partial charge is 0.241 e. The van der Waals surface area contributed by atoms with Gasteiger partial charge in [0.2, 0.25) is 10.0 Å². The standard InChI is InChI=1S/C21H16Br2N2O4S/c22-16-8-11(9-17(23)21(16)27)7-15-14(2-4-19(20(15)26)30(24,28)29)12-1-3-18-13(10-12)5-6-25-18/h1-4,7-10,26-27H,5-6H2,(H2,24,28,29). The number of phenolic OH excluding ortho intramolecular Hbond substituents is 2. The van der Waals surface area contributed by atoms with Gasteiger partial charge in [-0.3, -0.25) is 4.99 Å². The van der Waals surface area contributed by atoms with Crippen LogP contribution in [0.25, 0.3) is 6.08 Å². The molecule has 0 spiro atoms. The number of phenols is 2. The first-order valence-electron chi connectivity index (χ1n) is 8.87. The number of aromatic hydroxyl groups is 2. The fraction of sp³-hybridized carbons (Fsp3) is 0.0952. The van der Waals surface area contributed by atoms with Crippen molar-refractivity contribution in [1.29, 1.82) is 0 Å². The highest BCUT2D eigenvalue weighted by atomic mass is 79.9. The van der Waals surface area contributed by atoms with Crippen LogP contribution in [0.3, 0.4) is 0 Å². The van der Waals surface area contributed by atoms with E-state index in [1.807, 2.05) is 18.2 Å². The van der Waals surface area contributed by atoms with Gasteiger partial charge in [-0.15, -0.1) is 0 Å². The quantitative estimate of drug-likeness (QED) is 0.454. The molecule has 30 heavy (non-hydrogen) atoms. The molecule has 0 aliphatic carbocycles. The Labute approximate surface area is 189 Å². The number of nitrogens with two attached hydrogens (primary N) is 1. The zero-order valence-corrected chi connectivity index (χ0v) is 19.4. The Morgan fingerprint density at radius 1 is 1.00 bits per heavy atom. The van der Waals surface area contributed by atoms with E-state index in [0.29, 0.717) is 24.9 Å². The molecule has 4 rings (SSSR count). The average molecular weight is 552 g/mol. The number of nitrogens with zero attached hydrogens (tertiary/aromatic N) is 1. The highest BCUT2D eigenvalue weighted by molar-refractivity contribution is 9.11. The van der Waals surface area contributed by atoms with E-state index in [-0.39, 0.29) is 10.6 Å². The zero-order valence-electron chi connectivity index (χ0n) is 15.4. The van der Waals surface area contributed by atoms with Gasteiger partial charge in [0.25, 0.3) is 0 Å². The Morgan fingerprint density at radius 2 is 1.70 bits per heavy atom. The second kappa shape index (κ2) is 7.81. The molecule has 0 radical (unpaired) electrons. The first-order chi connectivity index (χ1) is 14.1. The van der Waals surface area contributed by atoms with Crippen LogP contribution in [-0.2, 0) is 16.4 Å². The number of halogens is 2. The maximum absolute atomic E-state index is 12.0. The van der Waals surface area contributed by atoms with Crippen LogP contribution in [0.1, 0.15) is 11.1 Å². The molecule has 0 amide bonds. The molecule has 1 aliphatic heterocycles. The molecule has 0 aromatic heterocycles. The van der Waals surface area contributed by atoms with Gasteiger partial charge in [-0.2, -0.15) is 0 Å². The molecule has 0 unspecified atom stereocenters. The lowest BCUT2D eigenvalue weighted by atomic mass is 10.1. The summed E-state index contributed by atoms with van der Waals surface area (Å²) < 4.78 is 24.8. The lowest BCUT2D eigenvalue weighted by Gasteiger charge is -2.06. The summed E-state index contributed by atoms with van der Waals surface area (Å²) in [5.41, 5.74) is 1.73. The lowest BCUT2D eigenvalue weighted by molar-refractivity contribution is 0.453. The van der Waals surface area contributed by atoms with Crippen molar-refractivity contribution in [3.63, 3.8) is 0 Å². The molecule has 1 heterocycles. The van der Waals surface area contributed by atoms with Crippen LogP contribution in [0, 0.1) is 10.4 Å². The number of sulfonamides is 1. The third kappa shape index (κ3) is 3.90. The fourth-order valence-electron chi connectivity index (χ4n) is 3.45. The minimum Gasteiger partial charge on any atom is -0.506 e. The van der Waals surface area contributed by atoms with Crippen molar-refractivity contribution >= 4 is 48.0 Å². The first-order valence-corrected chi connectivity index (χ1v) is 12.0.